The van der Waals surface area contributed by atoms with Crippen molar-refractivity contribution < 1.29 is 4.74 Å². The molecule has 4 rings (SSSR count). The largest absolute Gasteiger partial charge is 0.373 e. The number of piperidine rings is 1. The SMILES string of the molecule is c1cncc(COC2CCN(Cc3cccc4ccnn34)CC2)c1. The molecule has 1 aliphatic rings. The molecule has 24 heavy (non-hydrogen) atoms. The fraction of sp³-hybridized carbons (Fsp3) is 0.368. The first-order valence-corrected chi connectivity index (χ1v) is 8.53. The fourth-order valence-corrected chi connectivity index (χ4v) is 3.29. The van der Waals surface area contributed by atoms with E-state index in [1.54, 1.807) is 6.20 Å². The third-order valence-electron chi connectivity index (χ3n) is 4.63. The average molecular weight is 322 g/mol. The second-order valence-corrected chi connectivity index (χ2v) is 6.33. The topological polar surface area (TPSA) is 42.7 Å². The van der Waals surface area contributed by atoms with Crippen LogP contribution >= 0.6 is 0 Å². The van der Waals surface area contributed by atoms with Gasteiger partial charge in [0.15, 0.2) is 0 Å². The molecule has 3 aromatic rings. The van der Waals surface area contributed by atoms with Crippen LogP contribution in [0.5, 0.6) is 0 Å². The molecule has 0 spiro atoms. The Morgan fingerprint density at radius 1 is 1.04 bits per heavy atom. The lowest BCUT2D eigenvalue weighted by atomic mass is 10.1. The first kappa shape index (κ1) is 15.3. The van der Waals surface area contributed by atoms with Crippen molar-refractivity contribution in [3.05, 3.63) is 66.2 Å². The molecule has 1 fully saturated rings. The highest BCUT2D eigenvalue weighted by atomic mass is 16.5. The van der Waals surface area contributed by atoms with Gasteiger partial charge in [0.1, 0.15) is 0 Å². The number of hydrogen-bond acceptors (Lipinski definition) is 4. The van der Waals surface area contributed by atoms with Crippen molar-refractivity contribution in [3.63, 3.8) is 0 Å². The first-order chi connectivity index (χ1) is 11.9. The number of nitrogens with zero attached hydrogens (tertiary/aromatic N) is 4. The van der Waals surface area contributed by atoms with Crippen LogP contribution in [0.1, 0.15) is 24.1 Å². The van der Waals surface area contributed by atoms with Crippen molar-refractivity contribution >= 4 is 5.52 Å². The van der Waals surface area contributed by atoms with E-state index in [0.717, 1.165) is 43.6 Å². The monoisotopic (exact) mass is 322 g/mol. The summed E-state index contributed by atoms with van der Waals surface area (Å²) in [6.45, 7) is 3.73. The van der Waals surface area contributed by atoms with Crippen molar-refractivity contribution in [3.8, 4) is 0 Å². The average Bonchev–Trinajstić information content (AvgIpc) is 3.12. The minimum absolute atomic E-state index is 0.349. The smallest absolute Gasteiger partial charge is 0.0735 e. The molecule has 0 aromatic carbocycles. The first-order valence-electron chi connectivity index (χ1n) is 8.53. The molecule has 4 heterocycles. The van der Waals surface area contributed by atoms with Crippen LogP contribution in [0, 0.1) is 0 Å². The van der Waals surface area contributed by atoms with E-state index in [1.807, 2.05) is 29.0 Å². The van der Waals surface area contributed by atoms with Crippen LogP contribution < -0.4 is 0 Å². The Balaban J connectivity index is 1.29. The Labute approximate surface area is 141 Å². The molecule has 5 heteroatoms. The highest BCUT2D eigenvalue weighted by molar-refractivity contribution is 5.46. The molecule has 0 bridgehead atoms. The van der Waals surface area contributed by atoms with E-state index in [-0.39, 0.29) is 0 Å². The summed E-state index contributed by atoms with van der Waals surface area (Å²) in [5, 5.41) is 4.42. The number of fused-ring (bicyclic) bond motifs is 1. The lowest BCUT2D eigenvalue weighted by molar-refractivity contribution is -0.00433. The zero-order valence-electron chi connectivity index (χ0n) is 13.7. The number of pyridine rings is 2. The summed E-state index contributed by atoms with van der Waals surface area (Å²) < 4.78 is 8.07. The maximum Gasteiger partial charge on any atom is 0.0735 e. The molecule has 3 aromatic heterocycles. The van der Waals surface area contributed by atoms with Gasteiger partial charge in [-0.05, 0) is 42.7 Å². The number of ether oxygens (including phenoxy) is 1. The second kappa shape index (κ2) is 7.11. The Kier molecular flexibility index (Phi) is 4.53. The normalized spacial score (nSPS) is 16.7. The molecule has 0 radical (unpaired) electrons. The van der Waals surface area contributed by atoms with Crippen molar-refractivity contribution in [2.45, 2.75) is 32.1 Å². The Hall–Kier alpha value is -2.24. The molecule has 1 aliphatic heterocycles. The molecule has 1 saturated heterocycles. The predicted octanol–water partition coefficient (Wildman–Crippen LogP) is 2.91. The van der Waals surface area contributed by atoms with Crippen LogP contribution in [-0.2, 0) is 17.9 Å². The lowest BCUT2D eigenvalue weighted by Gasteiger charge is -2.31. The quantitative estimate of drug-likeness (QED) is 0.724. The van der Waals surface area contributed by atoms with Gasteiger partial charge in [-0.15, -0.1) is 0 Å². The highest BCUT2D eigenvalue weighted by Gasteiger charge is 2.20. The zero-order chi connectivity index (χ0) is 16.2. The Bertz CT molecular complexity index is 778. The van der Waals surface area contributed by atoms with E-state index in [9.17, 15) is 0 Å². The number of hydrogen-bond donors (Lipinski definition) is 0. The third kappa shape index (κ3) is 3.47. The summed E-state index contributed by atoms with van der Waals surface area (Å²) in [6.07, 6.45) is 8.03. The molecule has 0 unspecified atom stereocenters. The molecule has 0 aliphatic carbocycles. The number of rotatable bonds is 5. The van der Waals surface area contributed by atoms with Gasteiger partial charge in [-0.2, -0.15) is 5.10 Å². The van der Waals surface area contributed by atoms with Gasteiger partial charge in [0.05, 0.1) is 23.9 Å². The summed E-state index contributed by atoms with van der Waals surface area (Å²) in [4.78, 5) is 6.62. The van der Waals surface area contributed by atoms with Crippen molar-refractivity contribution in [1.82, 2.24) is 19.5 Å². The summed E-state index contributed by atoms with van der Waals surface area (Å²) in [7, 11) is 0. The summed E-state index contributed by atoms with van der Waals surface area (Å²) in [6, 6.07) is 12.4. The molecule has 5 nitrogen and oxygen atoms in total. The molecular weight excluding hydrogens is 300 g/mol. The van der Waals surface area contributed by atoms with Crippen LogP contribution in [-0.4, -0.2) is 38.7 Å². The van der Waals surface area contributed by atoms with E-state index < -0.39 is 0 Å². The number of likely N-dealkylation sites (tertiary alicyclic amines) is 1. The van der Waals surface area contributed by atoms with Crippen LogP contribution in [0.3, 0.4) is 0 Å². The fourth-order valence-electron chi connectivity index (χ4n) is 3.29. The van der Waals surface area contributed by atoms with Crippen LogP contribution in [0.2, 0.25) is 0 Å². The molecule has 124 valence electrons. The van der Waals surface area contributed by atoms with Gasteiger partial charge in [-0.3, -0.25) is 9.88 Å². The Morgan fingerprint density at radius 3 is 2.79 bits per heavy atom. The molecule has 0 atom stereocenters. The van der Waals surface area contributed by atoms with Crippen LogP contribution in [0.15, 0.2) is 55.0 Å². The van der Waals surface area contributed by atoms with Gasteiger partial charge in [-0.1, -0.05) is 12.1 Å². The van der Waals surface area contributed by atoms with Gasteiger partial charge < -0.3 is 4.74 Å². The van der Waals surface area contributed by atoms with Gasteiger partial charge >= 0.3 is 0 Å². The van der Waals surface area contributed by atoms with Gasteiger partial charge in [0, 0.05) is 38.2 Å². The number of aromatic nitrogens is 3. The Morgan fingerprint density at radius 2 is 1.96 bits per heavy atom. The summed E-state index contributed by atoms with van der Waals surface area (Å²) >= 11 is 0. The standard InChI is InChI=1S/C19H22N4O/c1-4-17-6-10-21-23(17)18(5-1)14-22-11-7-19(8-12-22)24-15-16-3-2-9-20-13-16/h1-6,9-10,13,19H,7-8,11-12,14-15H2. The molecular formula is C19H22N4O. The van der Waals surface area contributed by atoms with E-state index in [4.69, 9.17) is 4.74 Å². The van der Waals surface area contributed by atoms with E-state index in [1.165, 1.54) is 5.69 Å². The molecule has 0 N–H and O–H groups in total. The second-order valence-electron chi connectivity index (χ2n) is 6.33. The van der Waals surface area contributed by atoms with Crippen molar-refractivity contribution in [2.75, 3.05) is 13.1 Å². The summed E-state index contributed by atoms with van der Waals surface area (Å²) in [5.41, 5.74) is 3.54. The minimum Gasteiger partial charge on any atom is -0.373 e. The molecule has 0 amide bonds. The third-order valence-corrected chi connectivity index (χ3v) is 4.63. The van der Waals surface area contributed by atoms with Gasteiger partial charge in [-0.25, -0.2) is 4.52 Å². The van der Waals surface area contributed by atoms with E-state index in [2.05, 4.69) is 39.2 Å². The van der Waals surface area contributed by atoms with Gasteiger partial charge in [0.2, 0.25) is 0 Å². The van der Waals surface area contributed by atoms with Crippen molar-refractivity contribution in [1.29, 1.82) is 0 Å². The zero-order valence-corrected chi connectivity index (χ0v) is 13.7. The highest BCUT2D eigenvalue weighted by Crippen LogP contribution is 2.18. The lowest BCUT2D eigenvalue weighted by Crippen LogP contribution is -2.36. The van der Waals surface area contributed by atoms with E-state index in [0.29, 0.717) is 12.7 Å². The van der Waals surface area contributed by atoms with E-state index >= 15 is 0 Å². The maximum atomic E-state index is 6.04. The molecule has 0 saturated carbocycles. The minimum atomic E-state index is 0.349. The summed E-state index contributed by atoms with van der Waals surface area (Å²) in [5.74, 6) is 0. The van der Waals surface area contributed by atoms with Crippen LogP contribution in [0.25, 0.3) is 5.52 Å². The maximum absolute atomic E-state index is 6.04. The van der Waals surface area contributed by atoms with Crippen LogP contribution in [0.4, 0.5) is 0 Å². The van der Waals surface area contributed by atoms with Gasteiger partial charge in [0.25, 0.3) is 0 Å². The van der Waals surface area contributed by atoms with Crippen molar-refractivity contribution in [2.24, 2.45) is 0 Å². The predicted molar refractivity (Wildman–Crippen MR) is 92.5 cm³/mol.